The molecule has 2 heterocycles. The molecule has 2 aliphatic heterocycles. The van der Waals surface area contributed by atoms with Gasteiger partial charge in [-0.3, -0.25) is 4.79 Å². The third-order valence-corrected chi connectivity index (χ3v) is 4.95. The lowest BCUT2D eigenvalue weighted by atomic mass is 9.91. The fraction of sp³-hybridized carbons (Fsp3) is 0.611. The topological polar surface area (TPSA) is 61.8 Å². The Morgan fingerprint density at radius 2 is 2.21 bits per heavy atom. The van der Waals surface area contributed by atoms with E-state index in [-0.39, 0.29) is 24.2 Å². The first-order valence-corrected chi connectivity index (χ1v) is 8.61. The Morgan fingerprint density at radius 3 is 2.92 bits per heavy atom. The number of hydrogen-bond donors (Lipinski definition) is 2. The molecule has 1 atom stereocenters. The molecule has 1 amide bonds. The van der Waals surface area contributed by atoms with E-state index in [2.05, 4.69) is 5.32 Å². The molecule has 2 N–H and O–H groups in total. The standard InChI is InChI=1S/C18H25FN2O3/c19-16-3-1-2-14(10-16)11-18(13-22)12-21(8-9-24-18)17(23)15-4-6-20-7-5-15/h1-3,10,15,20,22H,4-9,11-13H2/t18-/m0/s1. The lowest BCUT2D eigenvalue weighted by molar-refractivity contribution is -0.161. The Balaban J connectivity index is 1.70. The number of benzene rings is 1. The summed E-state index contributed by atoms with van der Waals surface area (Å²) in [5.74, 6) is -0.106. The summed E-state index contributed by atoms with van der Waals surface area (Å²) in [6, 6.07) is 6.31. The van der Waals surface area contributed by atoms with Gasteiger partial charge in [-0.1, -0.05) is 12.1 Å². The first kappa shape index (κ1) is 17.3. The molecule has 5 nitrogen and oxygen atoms in total. The smallest absolute Gasteiger partial charge is 0.225 e. The van der Waals surface area contributed by atoms with Crippen LogP contribution in [0, 0.1) is 11.7 Å². The molecule has 132 valence electrons. The van der Waals surface area contributed by atoms with Gasteiger partial charge >= 0.3 is 0 Å². The second kappa shape index (κ2) is 7.59. The van der Waals surface area contributed by atoms with Crippen molar-refractivity contribution >= 4 is 5.91 Å². The number of piperidine rings is 1. The lowest BCUT2D eigenvalue weighted by Crippen LogP contribution is -2.58. The zero-order chi connectivity index (χ0) is 17.0. The maximum absolute atomic E-state index is 13.4. The highest BCUT2D eigenvalue weighted by molar-refractivity contribution is 5.79. The number of amides is 1. The lowest BCUT2D eigenvalue weighted by Gasteiger charge is -2.43. The number of aliphatic hydroxyl groups is 1. The van der Waals surface area contributed by atoms with E-state index in [0.717, 1.165) is 31.5 Å². The van der Waals surface area contributed by atoms with Gasteiger partial charge in [0.15, 0.2) is 0 Å². The normalized spacial score (nSPS) is 25.7. The number of nitrogens with one attached hydrogen (secondary N) is 1. The maximum atomic E-state index is 13.4. The molecule has 0 aromatic heterocycles. The fourth-order valence-electron chi connectivity index (χ4n) is 3.64. The second-order valence-electron chi connectivity index (χ2n) is 6.78. The SMILES string of the molecule is O=C(C1CCNCC1)N1CCO[C@@](CO)(Cc2cccc(F)c2)C1. The Kier molecular flexibility index (Phi) is 5.48. The van der Waals surface area contributed by atoms with E-state index in [1.54, 1.807) is 6.07 Å². The van der Waals surface area contributed by atoms with Crippen molar-refractivity contribution in [3.8, 4) is 0 Å². The molecule has 1 aromatic carbocycles. The number of hydrogen-bond acceptors (Lipinski definition) is 4. The molecule has 6 heteroatoms. The van der Waals surface area contributed by atoms with Crippen LogP contribution in [0.15, 0.2) is 24.3 Å². The zero-order valence-electron chi connectivity index (χ0n) is 13.8. The van der Waals surface area contributed by atoms with Crippen LogP contribution in [0.3, 0.4) is 0 Å². The quantitative estimate of drug-likeness (QED) is 0.860. The predicted octanol–water partition coefficient (Wildman–Crippen LogP) is 0.958. The summed E-state index contributed by atoms with van der Waals surface area (Å²) < 4.78 is 19.3. The van der Waals surface area contributed by atoms with E-state index >= 15 is 0 Å². The predicted molar refractivity (Wildman–Crippen MR) is 88.0 cm³/mol. The number of morpholine rings is 1. The van der Waals surface area contributed by atoms with Gasteiger partial charge in [0.1, 0.15) is 11.4 Å². The number of carbonyl (C=O) groups excluding carboxylic acids is 1. The van der Waals surface area contributed by atoms with Gasteiger partial charge in [-0.05, 0) is 43.6 Å². The molecule has 0 radical (unpaired) electrons. The molecule has 2 saturated heterocycles. The van der Waals surface area contributed by atoms with Crippen LogP contribution in [-0.2, 0) is 16.0 Å². The monoisotopic (exact) mass is 336 g/mol. The van der Waals surface area contributed by atoms with Crippen molar-refractivity contribution in [1.82, 2.24) is 10.2 Å². The molecule has 0 bridgehead atoms. The van der Waals surface area contributed by atoms with Gasteiger partial charge in [-0.2, -0.15) is 0 Å². The Hall–Kier alpha value is -1.50. The highest BCUT2D eigenvalue weighted by Crippen LogP contribution is 2.26. The Labute approximate surface area is 141 Å². The summed E-state index contributed by atoms with van der Waals surface area (Å²) in [5.41, 5.74) is -0.0885. The van der Waals surface area contributed by atoms with E-state index in [0.29, 0.717) is 26.1 Å². The second-order valence-corrected chi connectivity index (χ2v) is 6.78. The summed E-state index contributed by atoms with van der Waals surface area (Å²) in [5, 5.41) is 13.2. The average Bonchev–Trinajstić information content (AvgIpc) is 2.62. The minimum absolute atomic E-state index is 0.0508. The summed E-state index contributed by atoms with van der Waals surface area (Å²) in [4.78, 5) is 14.6. The van der Waals surface area contributed by atoms with Crippen molar-refractivity contribution < 1.29 is 19.0 Å². The molecular weight excluding hydrogens is 311 g/mol. The van der Waals surface area contributed by atoms with Crippen molar-refractivity contribution in [2.75, 3.05) is 39.4 Å². The number of rotatable bonds is 4. The molecule has 24 heavy (non-hydrogen) atoms. The van der Waals surface area contributed by atoms with Gasteiger partial charge in [0, 0.05) is 18.9 Å². The molecule has 0 unspecified atom stereocenters. The maximum Gasteiger partial charge on any atom is 0.225 e. The molecule has 1 aromatic rings. The van der Waals surface area contributed by atoms with Crippen LogP contribution in [0.25, 0.3) is 0 Å². The first-order chi connectivity index (χ1) is 11.6. The largest absolute Gasteiger partial charge is 0.393 e. The van der Waals surface area contributed by atoms with Crippen LogP contribution in [0.5, 0.6) is 0 Å². The third-order valence-electron chi connectivity index (χ3n) is 4.95. The van der Waals surface area contributed by atoms with Crippen LogP contribution in [0.4, 0.5) is 4.39 Å². The summed E-state index contributed by atoms with van der Waals surface area (Å²) in [6.07, 6.45) is 2.09. The Bertz CT molecular complexity index is 577. The third kappa shape index (κ3) is 3.94. The minimum Gasteiger partial charge on any atom is -0.393 e. The molecular formula is C18H25FN2O3. The molecule has 0 aliphatic carbocycles. The fourth-order valence-corrected chi connectivity index (χ4v) is 3.64. The molecule has 2 fully saturated rings. The molecule has 3 rings (SSSR count). The molecule has 0 saturated carbocycles. The minimum atomic E-state index is -0.853. The number of nitrogens with zero attached hydrogens (tertiary/aromatic N) is 1. The van der Waals surface area contributed by atoms with Crippen molar-refractivity contribution in [2.45, 2.75) is 24.9 Å². The van der Waals surface area contributed by atoms with Crippen LogP contribution in [-0.4, -0.2) is 60.9 Å². The van der Waals surface area contributed by atoms with Crippen molar-refractivity contribution in [1.29, 1.82) is 0 Å². The van der Waals surface area contributed by atoms with Gasteiger partial charge in [0.05, 0.1) is 19.8 Å². The van der Waals surface area contributed by atoms with Crippen LogP contribution in [0.2, 0.25) is 0 Å². The van der Waals surface area contributed by atoms with Gasteiger partial charge < -0.3 is 20.1 Å². The van der Waals surface area contributed by atoms with Crippen molar-refractivity contribution in [2.24, 2.45) is 5.92 Å². The van der Waals surface area contributed by atoms with Crippen LogP contribution >= 0.6 is 0 Å². The van der Waals surface area contributed by atoms with Crippen LogP contribution in [0.1, 0.15) is 18.4 Å². The van der Waals surface area contributed by atoms with E-state index in [4.69, 9.17) is 4.74 Å². The van der Waals surface area contributed by atoms with Crippen molar-refractivity contribution in [3.05, 3.63) is 35.6 Å². The van der Waals surface area contributed by atoms with Gasteiger partial charge in [0.2, 0.25) is 5.91 Å². The van der Waals surface area contributed by atoms with E-state index in [1.807, 2.05) is 11.0 Å². The first-order valence-electron chi connectivity index (χ1n) is 8.61. The summed E-state index contributed by atoms with van der Waals surface area (Å²) in [6.45, 7) is 2.84. The number of aliphatic hydroxyl groups excluding tert-OH is 1. The van der Waals surface area contributed by atoms with Gasteiger partial charge in [0.25, 0.3) is 0 Å². The summed E-state index contributed by atoms with van der Waals surface area (Å²) >= 11 is 0. The summed E-state index contributed by atoms with van der Waals surface area (Å²) in [7, 11) is 0. The zero-order valence-corrected chi connectivity index (χ0v) is 13.8. The highest BCUT2D eigenvalue weighted by atomic mass is 19.1. The Morgan fingerprint density at radius 1 is 1.42 bits per heavy atom. The van der Waals surface area contributed by atoms with E-state index in [9.17, 15) is 14.3 Å². The van der Waals surface area contributed by atoms with E-state index in [1.165, 1.54) is 12.1 Å². The number of ether oxygens (including phenoxy) is 1. The van der Waals surface area contributed by atoms with Gasteiger partial charge in [-0.15, -0.1) is 0 Å². The van der Waals surface area contributed by atoms with Crippen molar-refractivity contribution in [3.63, 3.8) is 0 Å². The number of halogens is 1. The van der Waals surface area contributed by atoms with E-state index < -0.39 is 5.60 Å². The van der Waals surface area contributed by atoms with Crippen LogP contribution < -0.4 is 5.32 Å². The van der Waals surface area contributed by atoms with Gasteiger partial charge in [-0.25, -0.2) is 4.39 Å². The average molecular weight is 336 g/mol. The number of carbonyl (C=O) groups is 1. The highest BCUT2D eigenvalue weighted by Gasteiger charge is 2.39. The molecule has 2 aliphatic rings. The molecule has 0 spiro atoms.